The molecule has 0 saturated heterocycles. The number of rotatable bonds is 2. The fraction of sp³-hybridized carbons (Fsp3) is 0.222. The molecule has 1 aromatic rings. The molecule has 4 nitrogen and oxygen atoms in total. The Balaban J connectivity index is 3.35. The predicted molar refractivity (Wildman–Crippen MR) is 45.9 cm³/mol. The highest BCUT2D eigenvalue weighted by Gasteiger charge is 2.12. The number of pyridine rings is 1. The minimum atomic E-state index is -1.06. The lowest BCUT2D eigenvalue weighted by Crippen LogP contribution is -2.06. The molecule has 0 spiro atoms. The fourth-order valence-corrected chi connectivity index (χ4v) is 1.10. The Bertz CT molecular complexity index is 339. The highest BCUT2D eigenvalue weighted by atomic mass is 16.4. The van der Waals surface area contributed by atoms with Crippen molar-refractivity contribution in [2.75, 3.05) is 0 Å². The third kappa shape index (κ3) is 1.72. The Morgan fingerprint density at radius 1 is 1.31 bits per heavy atom. The zero-order valence-electron chi connectivity index (χ0n) is 7.37. The molecule has 13 heavy (non-hydrogen) atoms. The van der Waals surface area contributed by atoms with Gasteiger partial charge in [0.25, 0.3) is 0 Å². The molecule has 0 aliphatic rings. The molecular formula is C9H9NO3. The van der Waals surface area contributed by atoms with Gasteiger partial charge in [-0.25, -0.2) is 4.79 Å². The average Bonchev–Trinajstić information content (AvgIpc) is 2.03. The normalized spacial score (nSPS) is 9.69. The van der Waals surface area contributed by atoms with Crippen LogP contribution < -0.4 is 0 Å². The van der Waals surface area contributed by atoms with E-state index < -0.39 is 5.97 Å². The number of hydrogen-bond donors (Lipinski definition) is 1. The molecule has 0 saturated carbocycles. The Kier molecular flexibility index (Phi) is 2.41. The van der Waals surface area contributed by atoms with Crippen LogP contribution in [0.2, 0.25) is 0 Å². The first-order valence-corrected chi connectivity index (χ1v) is 3.73. The molecule has 0 unspecified atom stereocenters. The van der Waals surface area contributed by atoms with Crippen molar-refractivity contribution < 1.29 is 14.7 Å². The number of carbonyl (C=O) groups is 2. The second kappa shape index (κ2) is 3.35. The van der Waals surface area contributed by atoms with Crippen molar-refractivity contribution in [3.63, 3.8) is 0 Å². The van der Waals surface area contributed by atoms with Crippen molar-refractivity contribution in [3.8, 4) is 0 Å². The number of Topliss-reactive ketones (excluding diaryl/α,β-unsaturated/α-hetero) is 1. The van der Waals surface area contributed by atoms with Crippen LogP contribution in [0.5, 0.6) is 0 Å². The summed E-state index contributed by atoms with van der Waals surface area (Å²) in [6.07, 6.45) is 2.62. The molecule has 0 aromatic carbocycles. The number of carbonyl (C=O) groups excluding carboxylic acids is 1. The van der Waals surface area contributed by atoms with Gasteiger partial charge in [-0.2, -0.15) is 0 Å². The molecule has 1 aromatic heterocycles. The maximum atomic E-state index is 11.0. The fourth-order valence-electron chi connectivity index (χ4n) is 1.10. The molecule has 0 fully saturated rings. The van der Waals surface area contributed by atoms with E-state index in [9.17, 15) is 9.59 Å². The number of nitrogens with zero attached hydrogens (tertiary/aromatic N) is 1. The predicted octanol–water partition coefficient (Wildman–Crippen LogP) is 1.29. The van der Waals surface area contributed by atoms with Crippen molar-refractivity contribution >= 4 is 11.8 Å². The zero-order valence-corrected chi connectivity index (χ0v) is 7.37. The van der Waals surface area contributed by atoms with E-state index in [0.29, 0.717) is 11.1 Å². The summed E-state index contributed by atoms with van der Waals surface area (Å²) in [5.74, 6) is -1.23. The highest BCUT2D eigenvalue weighted by molar-refractivity contribution is 5.99. The van der Waals surface area contributed by atoms with Crippen molar-refractivity contribution in [1.82, 2.24) is 4.98 Å². The van der Waals surface area contributed by atoms with Crippen LogP contribution in [-0.2, 0) is 0 Å². The van der Waals surface area contributed by atoms with Crippen LogP contribution in [0, 0.1) is 6.92 Å². The molecule has 0 aliphatic carbocycles. The molecule has 0 atom stereocenters. The average molecular weight is 179 g/mol. The van der Waals surface area contributed by atoms with Crippen molar-refractivity contribution in [2.24, 2.45) is 0 Å². The van der Waals surface area contributed by atoms with Crippen LogP contribution in [0.25, 0.3) is 0 Å². The monoisotopic (exact) mass is 179 g/mol. The summed E-state index contributed by atoms with van der Waals surface area (Å²) < 4.78 is 0. The third-order valence-corrected chi connectivity index (χ3v) is 1.82. The largest absolute Gasteiger partial charge is 0.478 e. The van der Waals surface area contributed by atoms with Crippen LogP contribution in [0.4, 0.5) is 0 Å². The molecule has 68 valence electrons. The molecule has 0 amide bonds. The van der Waals surface area contributed by atoms with Crippen molar-refractivity contribution in [2.45, 2.75) is 13.8 Å². The third-order valence-electron chi connectivity index (χ3n) is 1.82. The second-order valence-electron chi connectivity index (χ2n) is 2.72. The molecule has 1 N–H and O–H groups in total. The summed E-state index contributed by atoms with van der Waals surface area (Å²) in [6, 6.07) is 0. The number of carboxylic acids is 1. The molecule has 0 bridgehead atoms. The summed E-state index contributed by atoms with van der Waals surface area (Å²) >= 11 is 0. The molecule has 0 radical (unpaired) electrons. The molecule has 4 heteroatoms. The van der Waals surface area contributed by atoms with Gasteiger partial charge in [0.05, 0.1) is 5.56 Å². The van der Waals surface area contributed by atoms with Gasteiger partial charge in [-0.1, -0.05) is 0 Å². The van der Waals surface area contributed by atoms with Crippen LogP contribution in [0.1, 0.15) is 33.2 Å². The Morgan fingerprint density at radius 2 is 1.85 bits per heavy atom. The van der Waals surface area contributed by atoms with E-state index in [4.69, 9.17) is 5.11 Å². The molecule has 0 aliphatic heterocycles. The van der Waals surface area contributed by atoms with Crippen LogP contribution in [0.15, 0.2) is 12.4 Å². The summed E-state index contributed by atoms with van der Waals surface area (Å²) in [4.78, 5) is 25.3. The maximum absolute atomic E-state index is 11.0. The van der Waals surface area contributed by atoms with Crippen LogP contribution >= 0.6 is 0 Å². The summed E-state index contributed by atoms with van der Waals surface area (Å²) in [5.41, 5.74) is 0.905. The Hall–Kier alpha value is -1.71. The minimum absolute atomic E-state index is 0.0766. The van der Waals surface area contributed by atoms with E-state index >= 15 is 0 Å². The lowest BCUT2D eigenvalue weighted by atomic mass is 10.0. The van der Waals surface area contributed by atoms with E-state index in [-0.39, 0.29) is 11.3 Å². The second-order valence-corrected chi connectivity index (χ2v) is 2.72. The smallest absolute Gasteiger partial charge is 0.337 e. The first-order chi connectivity index (χ1) is 6.04. The summed E-state index contributed by atoms with van der Waals surface area (Å²) in [5, 5.41) is 8.72. The van der Waals surface area contributed by atoms with Gasteiger partial charge in [0.2, 0.25) is 0 Å². The Labute approximate surface area is 75.2 Å². The standard InChI is InChI=1S/C9H9NO3/c1-5-7(6(2)11)3-10-4-8(5)9(12)13/h3-4H,1-2H3,(H,12,13). The van der Waals surface area contributed by atoms with Gasteiger partial charge in [0, 0.05) is 18.0 Å². The van der Waals surface area contributed by atoms with Crippen LogP contribution in [-0.4, -0.2) is 21.8 Å². The first-order valence-electron chi connectivity index (χ1n) is 3.73. The molecular weight excluding hydrogens is 170 g/mol. The van der Waals surface area contributed by atoms with Gasteiger partial charge in [0.15, 0.2) is 5.78 Å². The zero-order chi connectivity index (χ0) is 10.0. The number of aromatic carboxylic acids is 1. The summed E-state index contributed by atoms with van der Waals surface area (Å²) in [7, 11) is 0. The van der Waals surface area contributed by atoms with E-state index in [1.807, 2.05) is 0 Å². The van der Waals surface area contributed by atoms with Crippen molar-refractivity contribution in [3.05, 3.63) is 29.1 Å². The number of carboxylic acid groups (broad SMARTS) is 1. The van der Waals surface area contributed by atoms with Gasteiger partial charge in [-0.3, -0.25) is 9.78 Å². The number of ketones is 1. The van der Waals surface area contributed by atoms with E-state index in [2.05, 4.69) is 4.98 Å². The number of aromatic nitrogens is 1. The first kappa shape index (κ1) is 9.38. The highest BCUT2D eigenvalue weighted by Crippen LogP contribution is 2.12. The Morgan fingerprint density at radius 3 is 2.31 bits per heavy atom. The van der Waals surface area contributed by atoms with Gasteiger partial charge in [0.1, 0.15) is 0 Å². The van der Waals surface area contributed by atoms with Gasteiger partial charge in [-0.15, -0.1) is 0 Å². The summed E-state index contributed by atoms with van der Waals surface area (Å²) in [6.45, 7) is 2.98. The van der Waals surface area contributed by atoms with Gasteiger partial charge >= 0.3 is 5.97 Å². The topological polar surface area (TPSA) is 67.3 Å². The van der Waals surface area contributed by atoms with Gasteiger partial charge in [-0.05, 0) is 19.4 Å². The maximum Gasteiger partial charge on any atom is 0.337 e. The quantitative estimate of drug-likeness (QED) is 0.694. The minimum Gasteiger partial charge on any atom is -0.478 e. The van der Waals surface area contributed by atoms with Crippen LogP contribution in [0.3, 0.4) is 0 Å². The van der Waals surface area contributed by atoms with E-state index in [1.54, 1.807) is 6.92 Å². The van der Waals surface area contributed by atoms with E-state index in [1.165, 1.54) is 19.3 Å². The molecule has 1 heterocycles. The molecule has 1 rings (SSSR count). The lowest BCUT2D eigenvalue weighted by Gasteiger charge is -2.03. The SMILES string of the molecule is CC(=O)c1cncc(C(=O)O)c1C. The van der Waals surface area contributed by atoms with E-state index in [0.717, 1.165) is 0 Å². The van der Waals surface area contributed by atoms with Gasteiger partial charge < -0.3 is 5.11 Å². The lowest BCUT2D eigenvalue weighted by molar-refractivity contribution is 0.0695. The number of hydrogen-bond acceptors (Lipinski definition) is 3. The van der Waals surface area contributed by atoms with Crippen molar-refractivity contribution in [1.29, 1.82) is 0 Å².